The number of hydrogen-bond acceptors (Lipinski definition) is 1. The number of amides is 1. The van der Waals surface area contributed by atoms with Crippen LogP contribution >= 0.6 is 11.6 Å². The molecule has 0 saturated carbocycles. The van der Waals surface area contributed by atoms with Crippen molar-refractivity contribution in [3.8, 4) is 0 Å². The van der Waals surface area contributed by atoms with Gasteiger partial charge in [0, 0.05) is 36.1 Å². The van der Waals surface area contributed by atoms with Gasteiger partial charge in [0.1, 0.15) is 5.82 Å². The molecule has 0 bridgehead atoms. The molecule has 1 aliphatic heterocycles. The number of nitrogens with zero attached hydrogens (tertiary/aromatic N) is 1. The van der Waals surface area contributed by atoms with Crippen molar-refractivity contribution in [3.63, 3.8) is 0 Å². The second-order valence-electron chi connectivity index (χ2n) is 8.23. The van der Waals surface area contributed by atoms with E-state index in [1.54, 1.807) is 6.07 Å². The number of halogens is 2. The highest BCUT2D eigenvalue weighted by Crippen LogP contribution is 2.34. The Morgan fingerprint density at radius 2 is 2.15 bits per heavy atom. The third kappa shape index (κ3) is 4.01. The first kappa shape index (κ1) is 20.2. The maximum absolute atomic E-state index is 13.9. The molecule has 3 nitrogen and oxygen atoms in total. The Morgan fingerprint density at radius 3 is 2.85 bits per heavy atom. The highest BCUT2D eigenvalue weighted by atomic mass is 35.5. The summed E-state index contributed by atoms with van der Waals surface area (Å²) in [4.78, 5) is 18.4. The number of rotatable bonds is 5. The van der Waals surface area contributed by atoms with Crippen LogP contribution < -0.4 is 0 Å². The third-order valence-corrected chi connectivity index (χ3v) is 6.69. The van der Waals surface area contributed by atoms with Gasteiger partial charge < -0.3 is 9.88 Å². The minimum absolute atomic E-state index is 0.0174. The van der Waals surface area contributed by atoms with Crippen LogP contribution in [0.15, 0.2) is 18.3 Å². The maximum Gasteiger partial charge on any atom is 0.223 e. The Hall–Kier alpha value is -1.55. The first-order valence-electron chi connectivity index (χ1n) is 10.1. The lowest BCUT2D eigenvalue weighted by Gasteiger charge is -2.44. The molecule has 1 amide bonds. The van der Waals surface area contributed by atoms with Crippen molar-refractivity contribution in [2.24, 2.45) is 11.8 Å². The Labute approximate surface area is 166 Å². The molecule has 1 aromatic heterocycles. The van der Waals surface area contributed by atoms with E-state index >= 15 is 0 Å². The summed E-state index contributed by atoms with van der Waals surface area (Å²) in [5, 5.41) is 0.918. The van der Waals surface area contributed by atoms with Crippen LogP contribution in [0.1, 0.15) is 64.9 Å². The van der Waals surface area contributed by atoms with Gasteiger partial charge in [-0.3, -0.25) is 4.79 Å². The number of carbonyl (C=O) groups excluding carboxylic acids is 1. The van der Waals surface area contributed by atoms with Gasteiger partial charge in [0.15, 0.2) is 0 Å². The van der Waals surface area contributed by atoms with Crippen LogP contribution in [0.25, 0.3) is 10.9 Å². The molecule has 0 aliphatic carbocycles. The standard InChI is InChI=1S/C22H30ClFN2O/c1-5-6-21-15(4)13(2)7-8-26(21)22(27)9-14(3)17-12-25-20-11-18(23)19(24)10-16(17)20/h10-15,21,25H,5-9H2,1-4H3. The molecule has 1 saturated heterocycles. The third-order valence-electron chi connectivity index (χ3n) is 6.40. The van der Waals surface area contributed by atoms with Gasteiger partial charge in [-0.15, -0.1) is 0 Å². The lowest BCUT2D eigenvalue weighted by atomic mass is 9.80. The fraction of sp³-hybridized carbons (Fsp3) is 0.591. The van der Waals surface area contributed by atoms with Crippen LogP contribution in [0.4, 0.5) is 4.39 Å². The van der Waals surface area contributed by atoms with E-state index in [0.29, 0.717) is 24.3 Å². The topological polar surface area (TPSA) is 36.1 Å². The fourth-order valence-corrected chi connectivity index (χ4v) is 4.66. The van der Waals surface area contributed by atoms with Crippen molar-refractivity contribution < 1.29 is 9.18 Å². The normalized spacial score (nSPS) is 24.4. The number of hydrogen-bond donors (Lipinski definition) is 1. The van der Waals surface area contributed by atoms with Crippen molar-refractivity contribution >= 4 is 28.4 Å². The summed E-state index contributed by atoms with van der Waals surface area (Å²) < 4.78 is 13.9. The predicted octanol–water partition coefficient (Wildman–Crippen LogP) is 6.13. The molecule has 3 rings (SSSR count). The average Bonchev–Trinajstić information content (AvgIpc) is 3.02. The fourth-order valence-electron chi connectivity index (χ4n) is 4.49. The van der Waals surface area contributed by atoms with Crippen molar-refractivity contribution in [3.05, 3.63) is 34.7 Å². The van der Waals surface area contributed by atoms with E-state index in [-0.39, 0.29) is 16.8 Å². The Bertz CT molecular complexity index is 818. The quantitative estimate of drug-likeness (QED) is 0.652. The maximum atomic E-state index is 13.9. The minimum atomic E-state index is -0.426. The molecule has 1 aliphatic rings. The molecule has 0 radical (unpaired) electrons. The second kappa shape index (κ2) is 8.22. The van der Waals surface area contributed by atoms with Crippen LogP contribution in [0.5, 0.6) is 0 Å². The lowest BCUT2D eigenvalue weighted by Crippen LogP contribution is -2.50. The Morgan fingerprint density at radius 1 is 1.41 bits per heavy atom. The van der Waals surface area contributed by atoms with Gasteiger partial charge in [-0.1, -0.05) is 45.7 Å². The lowest BCUT2D eigenvalue weighted by molar-refractivity contribution is -0.138. The van der Waals surface area contributed by atoms with Gasteiger partial charge in [0.25, 0.3) is 0 Å². The number of aromatic nitrogens is 1. The SMILES string of the molecule is CCCC1C(C)C(C)CCN1C(=O)CC(C)c1c[nH]c2cc(Cl)c(F)cc12. The van der Waals surface area contributed by atoms with Gasteiger partial charge in [0.05, 0.1) is 5.02 Å². The van der Waals surface area contributed by atoms with E-state index in [1.807, 2.05) is 13.1 Å². The Balaban J connectivity index is 1.78. The number of carbonyl (C=O) groups is 1. The zero-order valence-corrected chi connectivity index (χ0v) is 17.4. The number of fused-ring (bicyclic) bond motifs is 1. The number of piperidine rings is 1. The van der Waals surface area contributed by atoms with E-state index in [2.05, 4.69) is 30.7 Å². The van der Waals surface area contributed by atoms with Gasteiger partial charge >= 0.3 is 0 Å². The summed E-state index contributed by atoms with van der Waals surface area (Å²) in [6.45, 7) is 9.64. The van der Waals surface area contributed by atoms with Crippen LogP contribution in [0.3, 0.4) is 0 Å². The molecule has 5 heteroatoms. The Kier molecular flexibility index (Phi) is 6.15. The van der Waals surface area contributed by atoms with Gasteiger partial charge in [-0.25, -0.2) is 4.39 Å². The summed E-state index contributed by atoms with van der Waals surface area (Å²) in [5.41, 5.74) is 1.78. The van der Waals surface area contributed by atoms with Crippen LogP contribution in [-0.4, -0.2) is 28.4 Å². The molecule has 1 N–H and O–H groups in total. The highest BCUT2D eigenvalue weighted by molar-refractivity contribution is 6.31. The molecular formula is C22H30ClFN2O. The van der Waals surface area contributed by atoms with Gasteiger partial charge in [-0.2, -0.15) is 0 Å². The molecule has 1 fully saturated rings. The first-order valence-corrected chi connectivity index (χ1v) is 10.5. The first-order chi connectivity index (χ1) is 12.8. The zero-order valence-electron chi connectivity index (χ0n) is 16.7. The van der Waals surface area contributed by atoms with E-state index in [9.17, 15) is 9.18 Å². The molecule has 4 atom stereocenters. The zero-order chi connectivity index (χ0) is 19.7. The number of benzene rings is 1. The molecule has 0 spiro atoms. The molecule has 4 unspecified atom stereocenters. The summed E-state index contributed by atoms with van der Waals surface area (Å²) in [6.07, 6.45) is 5.53. The van der Waals surface area contributed by atoms with E-state index in [1.165, 1.54) is 6.07 Å². The summed E-state index contributed by atoms with van der Waals surface area (Å²) in [6, 6.07) is 3.40. The molecule has 1 aromatic carbocycles. The monoisotopic (exact) mass is 392 g/mol. The van der Waals surface area contributed by atoms with Crippen LogP contribution in [0.2, 0.25) is 5.02 Å². The summed E-state index contributed by atoms with van der Waals surface area (Å²) in [7, 11) is 0. The van der Waals surface area contributed by atoms with Crippen molar-refractivity contribution in [1.82, 2.24) is 9.88 Å². The van der Waals surface area contributed by atoms with E-state index < -0.39 is 5.82 Å². The molecule has 148 valence electrons. The number of aromatic amines is 1. The summed E-state index contributed by atoms with van der Waals surface area (Å²) in [5.74, 6) is 0.990. The van der Waals surface area contributed by atoms with Gasteiger partial charge in [0.2, 0.25) is 5.91 Å². The average molecular weight is 393 g/mol. The molecule has 27 heavy (non-hydrogen) atoms. The van der Waals surface area contributed by atoms with E-state index in [0.717, 1.165) is 42.3 Å². The highest BCUT2D eigenvalue weighted by Gasteiger charge is 2.35. The van der Waals surface area contributed by atoms with Crippen LogP contribution in [0, 0.1) is 17.7 Å². The molecule has 2 heterocycles. The van der Waals surface area contributed by atoms with Crippen LogP contribution in [-0.2, 0) is 4.79 Å². The van der Waals surface area contributed by atoms with E-state index in [4.69, 9.17) is 11.6 Å². The molecular weight excluding hydrogens is 363 g/mol. The number of nitrogens with one attached hydrogen (secondary N) is 1. The van der Waals surface area contributed by atoms with Crippen molar-refractivity contribution in [2.45, 2.75) is 65.3 Å². The number of H-pyrrole nitrogens is 1. The largest absolute Gasteiger partial charge is 0.361 e. The second-order valence-corrected chi connectivity index (χ2v) is 8.64. The number of likely N-dealkylation sites (tertiary alicyclic amines) is 1. The van der Waals surface area contributed by atoms with Gasteiger partial charge in [-0.05, 0) is 48.3 Å². The van der Waals surface area contributed by atoms with Crippen molar-refractivity contribution in [2.75, 3.05) is 6.54 Å². The van der Waals surface area contributed by atoms with Crippen molar-refractivity contribution in [1.29, 1.82) is 0 Å². The minimum Gasteiger partial charge on any atom is -0.361 e. The smallest absolute Gasteiger partial charge is 0.223 e. The summed E-state index contributed by atoms with van der Waals surface area (Å²) >= 11 is 5.88. The molecule has 2 aromatic rings. The predicted molar refractivity (Wildman–Crippen MR) is 110 cm³/mol.